The molecule has 1 atom stereocenters. The summed E-state index contributed by atoms with van der Waals surface area (Å²) in [5, 5.41) is 2.82. The number of sulfonamides is 1. The lowest BCUT2D eigenvalue weighted by molar-refractivity contribution is -0.139. The second-order valence-electron chi connectivity index (χ2n) is 9.23. The minimum atomic E-state index is -4.18. The van der Waals surface area contributed by atoms with E-state index >= 15 is 0 Å². The molecule has 0 aliphatic heterocycles. The van der Waals surface area contributed by atoms with Crippen molar-refractivity contribution >= 4 is 39.3 Å². The number of carbonyl (C=O) groups is 2. The minimum Gasteiger partial charge on any atom is -0.492 e. The van der Waals surface area contributed by atoms with Gasteiger partial charge in [-0.3, -0.25) is 13.9 Å². The highest BCUT2D eigenvalue weighted by molar-refractivity contribution is 7.98. The maximum atomic E-state index is 14.1. The molecule has 3 aromatic rings. The largest absolute Gasteiger partial charge is 0.492 e. The number of amides is 2. The van der Waals surface area contributed by atoms with E-state index in [1.165, 1.54) is 16.7 Å². The summed E-state index contributed by atoms with van der Waals surface area (Å²) >= 11 is 1.51. The van der Waals surface area contributed by atoms with Gasteiger partial charge in [0, 0.05) is 18.0 Å². The van der Waals surface area contributed by atoms with Gasteiger partial charge in [0.05, 0.1) is 17.2 Å². The highest BCUT2D eigenvalue weighted by atomic mass is 32.2. The highest BCUT2D eigenvalue weighted by Gasteiger charge is 2.34. The SMILES string of the molecule is CCNC(=O)[C@@H](CC)N(CCc1ccccc1)C(=O)CN(c1ccccc1OCC)S(=O)(=O)c1ccc(SC)cc1. The predicted molar refractivity (Wildman–Crippen MR) is 165 cm³/mol. The molecule has 41 heavy (non-hydrogen) atoms. The van der Waals surface area contributed by atoms with E-state index in [1.807, 2.05) is 57.4 Å². The van der Waals surface area contributed by atoms with E-state index in [-0.39, 0.29) is 23.0 Å². The number of ether oxygens (including phenoxy) is 1. The van der Waals surface area contributed by atoms with Crippen molar-refractivity contribution in [3.8, 4) is 5.75 Å². The van der Waals surface area contributed by atoms with Crippen LogP contribution in [0, 0.1) is 0 Å². The molecule has 0 radical (unpaired) electrons. The zero-order valence-corrected chi connectivity index (χ0v) is 25.7. The van der Waals surface area contributed by atoms with Crippen molar-refractivity contribution in [3.63, 3.8) is 0 Å². The lowest BCUT2D eigenvalue weighted by Gasteiger charge is -2.33. The van der Waals surface area contributed by atoms with Crippen molar-refractivity contribution < 1.29 is 22.7 Å². The lowest BCUT2D eigenvalue weighted by Crippen LogP contribution is -2.53. The Bertz CT molecular complexity index is 1380. The third-order valence-corrected chi connectivity index (χ3v) is 9.10. The zero-order valence-electron chi connectivity index (χ0n) is 24.1. The second kappa shape index (κ2) is 15.5. The Labute approximate surface area is 248 Å². The van der Waals surface area contributed by atoms with Crippen molar-refractivity contribution in [2.24, 2.45) is 0 Å². The first-order chi connectivity index (χ1) is 19.8. The van der Waals surface area contributed by atoms with Crippen LogP contribution in [0.3, 0.4) is 0 Å². The molecular weight excluding hydrogens is 558 g/mol. The van der Waals surface area contributed by atoms with Crippen LogP contribution >= 0.6 is 11.8 Å². The molecule has 0 fully saturated rings. The van der Waals surface area contributed by atoms with E-state index in [2.05, 4.69) is 5.32 Å². The quantitative estimate of drug-likeness (QED) is 0.248. The molecule has 3 aromatic carbocycles. The monoisotopic (exact) mass is 597 g/mol. The van der Waals surface area contributed by atoms with Gasteiger partial charge in [-0.25, -0.2) is 8.42 Å². The van der Waals surface area contributed by atoms with Gasteiger partial charge in [-0.1, -0.05) is 49.4 Å². The van der Waals surface area contributed by atoms with Gasteiger partial charge in [-0.05, 0) is 74.9 Å². The molecule has 0 aromatic heterocycles. The molecule has 0 saturated carbocycles. The number of benzene rings is 3. The summed E-state index contributed by atoms with van der Waals surface area (Å²) in [5.74, 6) is -0.401. The second-order valence-corrected chi connectivity index (χ2v) is 12.0. The number of rotatable bonds is 15. The standard InChI is InChI=1S/C31H39N3O5S2/c1-5-27(31(36)32-6-2)33(22-21-24-13-9-8-10-14-24)30(35)23-34(28-15-11-12-16-29(28)39-7-3)41(37,38)26-19-17-25(40-4)18-20-26/h8-20,27H,5-7,21-23H2,1-4H3,(H,32,36)/t27-/m1/s1. The molecule has 1 N–H and O–H groups in total. The Morgan fingerprint density at radius 3 is 2.20 bits per heavy atom. The summed E-state index contributed by atoms with van der Waals surface area (Å²) in [7, 11) is -4.18. The van der Waals surface area contributed by atoms with Crippen molar-refractivity contribution in [1.29, 1.82) is 0 Å². The van der Waals surface area contributed by atoms with Crippen LogP contribution in [-0.2, 0) is 26.0 Å². The molecule has 0 spiro atoms. The van der Waals surface area contributed by atoms with Gasteiger partial charge in [0.15, 0.2) is 0 Å². The average Bonchev–Trinajstić information content (AvgIpc) is 2.99. The van der Waals surface area contributed by atoms with Gasteiger partial charge >= 0.3 is 0 Å². The van der Waals surface area contributed by atoms with Gasteiger partial charge in [-0.2, -0.15) is 0 Å². The van der Waals surface area contributed by atoms with Crippen LogP contribution in [0.4, 0.5) is 5.69 Å². The van der Waals surface area contributed by atoms with Crippen molar-refractivity contribution in [2.75, 3.05) is 36.8 Å². The number of carbonyl (C=O) groups excluding carboxylic acids is 2. The Morgan fingerprint density at radius 2 is 1.59 bits per heavy atom. The normalized spacial score (nSPS) is 11.9. The minimum absolute atomic E-state index is 0.0565. The highest BCUT2D eigenvalue weighted by Crippen LogP contribution is 2.33. The predicted octanol–water partition coefficient (Wildman–Crippen LogP) is 4.99. The Balaban J connectivity index is 2.06. The maximum Gasteiger partial charge on any atom is 0.264 e. The molecule has 3 rings (SSSR count). The van der Waals surface area contributed by atoms with Crippen LogP contribution in [0.15, 0.2) is 88.7 Å². The van der Waals surface area contributed by atoms with Crippen LogP contribution in [0.1, 0.15) is 32.8 Å². The number of thioether (sulfide) groups is 1. The molecule has 0 aliphatic carbocycles. The van der Waals surface area contributed by atoms with Gasteiger partial charge < -0.3 is 15.0 Å². The summed E-state index contributed by atoms with van der Waals surface area (Å²) in [4.78, 5) is 29.6. The first kappa shape index (κ1) is 32.0. The van der Waals surface area contributed by atoms with Gasteiger partial charge in [0.1, 0.15) is 18.3 Å². The fraction of sp³-hybridized carbons (Fsp3) is 0.355. The summed E-state index contributed by atoms with van der Waals surface area (Å²) in [6.07, 6.45) is 2.81. The third kappa shape index (κ3) is 8.27. The molecular formula is C31H39N3O5S2. The number of hydrogen-bond acceptors (Lipinski definition) is 6. The molecule has 220 valence electrons. The fourth-order valence-corrected chi connectivity index (χ4v) is 6.35. The smallest absolute Gasteiger partial charge is 0.264 e. The summed E-state index contributed by atoms with van der Waals surface area (Å²) < 4.78 is 35.1. The Kier molecular flexibility index (Phi) is 12.1. The maximum absolute atomic E-state index is 14.1. The van der Waals surface area contributed by atoms with E-state index in [4.69, 9.17) is 4.74 Å². The first-order valence-corrected chi connectivity index (χ1v) is 16.4. The molecule has 10 heteroatoms. The third-order valence-electron chi connectivity index (χ3n) is 6.58. The zero-order chi connectivity index (χ0) is 29.8. The number of nitrogens with one attached hydrogen (secondary N) is 1. The van der Waals surface area contributed by atoms with Crippen LogP contribution < -0.4 is 14.4 Å². The van der Waals surface area contributed by atoms with Gasteiger partial charge in [0.2, 0.25) is 11.8 Å². The number of para-hydroxylation sites is 2. The molecule has 0 saturated heterocycles. The number of anilines is 1. The van der Waals surface area contributed by atoms with E-state index in [0.717, 1.165) is 14.8 Å². The summed E-state index contributed by atoms with van der Waals surface area (Å²) in [6, 6.07) is 22.2. The van der Waals surface area contributed by atoms with Crippen molar-refractivity contribution in [3.05, 3.63) is 84.4 Å². The molecule has 8 nitrogen and oxygen atoms in total. The van der Waals surface area contributed by atoms with E-state index in [0.29, 0.717) is 31.7 Å². The Morgan fingerprint density at radius 1 is 0.927 bits per heavy atom. The van der Waals surface area contributed by atoms with Crippen LogP contribution in [0.2, 0.25) is 0 Å². The van der Waals surface area contributed by atoms with Crippen LogP contribution in [-0.4, -0.2) is 63.7 Å². The number of hydrogen-bond donors (Lipinski definition) is 1. The van der Waals surface area contributed by atoms with Gasteiger partial charge in [-0.15, -0.1) is 11.8 Å². The van der Waals surface area contributed by atoms with Crippen molar-refractivity contribution in [1.82, 2.24) is 10.2 Å². The number of nitrogens with zero attached hydrogens (tertiary/aromatic N) is 2. The van der Waals surface area contributed by atoms with Crippen molar-refractivity contribution in [2.45, 2.75) is 49.4 Å². The average molecular weight is 598 g/mol. The summed E-state index contributed by atoms with van der Waals surface area (Å²) in [5.41, 5.74) is 1.27. The van der Waals surface area contributed by atoms with Crippen LogP contribution in [0.5, 0.6) is 5.75 Å². The number of likely N-dealkylation sites (N-methyl/N-ethyl adjacent to an activating group) is 1. The Hall–Kier alpha value is -3.50. The molecule has 0 heterocycles. The lowest BCUT2D eigenvalue weighted by atomic mass is 10.1. The molecule has 0 unspecified atom stereocenters. The van der Waals surface area contributed by atoms with Crippen LogP contribution in [0.25, 0.3) is 0 Å². The van der Waals surface area contributed by atoms with E-state index in [1.54, 1.807) is 48.5 Å². The topological polar surface area (TPSA) is 96.0 Å². The molecule has 0 aliphatic rings. The molecule has 0 bridgehead atoms. The molecule has 2 amide bonds. The fourth-order valence-electron chi connectivity index (χ4n) is 4.52. The van der Waals surface area contributed by atoms with E-state index in [9.17, 15) is 18.0 Å². The first-order valence-electron chi connectivity index (χ1n) is 13.8. The van der Waals surface area contributed by atoms with Gasteiger partial charge in [0.25, 0.3) is 10.0 Å². The summed E-state index contributed by atoms with van der Waals surface area (Å²) in [6.45, 7) is 5.97. The van der Waals surface area contributed by atoms with E-state index < -0.39 is 28.5 Å².